The molecule has 2 aromatic rings. The van der Waals surface area contributed by atoms with E-state index in [-0.39, 0.29) is 17.9 Å². The van der Waals surface area contributed by atoms with Crippen molar-refractivity contribution >= 4 is 17.5 Å². The molecular formula is C28H38N2O2. The second kappa shape index (κ2) is 12.4. The lowest BCUT2D eigenvalue weighted by molar-refractivity contribution is -0.133. The molecule has 2 amide bonds. The summed E-state index contributed by atoms with van der Waals surface area (Å²) in [6, 6.07) is 17.1. The monoisotopic (exact) mass is 434 g/mol. The molecule has 3 rings (SSSR count). The number of aryl methyl sites for hydroxylation is 1. The van der Waals surface area contributed by atoms with Gasteiger partial charge in [0.05, 0.1) is 0 Å². The van der Waals surface area contributed by atoms with Crippen LogP contribution in [0.3, 0.4) is 0 Å². The van der Waals surface area contributed by atoms with Gasteiger partial charge in [0, 0.05) is 31.6 Å². The first-order valence-electron chi connectivity index (χ1n) is 12.3. The first-order chi connectivity index (χ1) is 15.6. The van der Waals surface area contributed by atoms with E-state index in [0.29, 0.717) is 6.42 Å². The zero-order valence-corrected chi connectivity index (χ0v) is 19.7. The van der Waals surface area contributed by atoms with Gasteiger partial charge in [0.25, 0.3) is 0 Å². The molecular weight excluding hydrogens is 396 g/mol. The number of fused-ring (bicyclic) bond motifs is 1. The number of carbonyl (C=O) groups excluding carboxylic acids is 2. The van der Waals surface area contributed by atoms with Crippen molar-refractivity contribution < 1.29 is 9.59 Å². The number of benzene rings is 2. The van der Waals surface area contributed by atoms with Crippen molar-refractivity contribution in [1.29, 1.82) is 0 Å². The highest BCUT2D eigenvalue weighted by atomic mass is 16.2. The Morgan fingerprint density at radius 1 is 0.969 bits per heavy atom. The van der Waals surface area contributed by atoms with Crippen molar-refractivity contribution in [2.75, 3.05) is 11.9 Å². The second-order valence-corrected chi connectivity index (χ2v) is 8.97. The van der Waals surface area contributed by atoms with Crippen LogP contribution in [0.4, 0.5) is 5.69 Å². The average Bonchev–Trinajstić information content (AvgIpc) is 2.80. The van der Waals surface area contributed by atoms with Crippen LogP contribution in [-0.4, -0.2) is 29.3 Å². The fourth-order valence-electron chi connectivity index (χ4n) is 4.86. The SMILES string of the molecule is CCC(=O)N(CCCCCCCc1ccccc1)C1CCc2c(cccc2NC(C)=O)C1. The van der Waals surface area contributed by atoms with E-state index in [4.69, 9.17) is 0 Å². The van der Waals surface area contributed by atoms with Gasteiger partial charge in [-0.15, -0.1) is 0 Å². The predicted octanol–water partition coefficient (Wildman–Crippen LogP) is 5.93. The van der Waals surface area contributed by atoms with Gasteiger partial charge in [0.15, 0.2) is 0 Å². The number of hydrogen-bond acceptors (Lipinski definition) is 2. The number of unbranched alkanes of at least 4 members (excludes halogenated alkanes) is 4. The van der Waals surface area contributed by atoms with Crippen LogP contribution in [-0.2, 0) is 28.9 Å². The molecule has 0 bridgehead atoms. The third kappa shape index (κ3) is 6.94. The van der Waals surface area contributed by atoms with Crippen molar-refractivity contribution in [3.63, 3.8) is 0 Å². The quantitative estimate of drug-likeness (QED) is 0.445. The molecule has 0 spiro atoms. The molecule has 4 heteroatoms. The van der Waals surface area contributed by atoms with Crippen LogP contribution in [0, 0.1) is 0 Å². The highest BCUT2D eigenvalue weighted by Gasteiger charge is 2.27. The van der Waals surface area contributed by atoms with E-state index in [1.54, 1.807) is 6.92 Å². The highest BCUT2D eigenvalue weighted by molar-refractivity contribution is 5.89. The molecule has 0 fully saturated rings. The number of carbonyl (C=O) groups is 2. The van der Waals surface area contributed by atoms with Crippen LogP contribution >= 0.6 is 0 Å². The number of nitrogens with one attached hydrogen (secondary N) is 1. The lowest BCUT2D eigenvalue weighted by Gasteiger charge is -2.36. The predicted molar refractivity (Wildman–Crippen MR) is 132 cm³/mol. The third-order valence-electron chi connectivity index (χ3n) is 6.54. The molecule has 0 heterocycles. The van der Waals surface area contributed by atoms with Crippen LogP contribution in [0.15, 0.2) is 48.5 Å². The lowest BCUT2D eigenvalue weighted by Crippen LogP contribution is -2.43. The molecule has 0 radical (unpaired) electrons. The summed E-state index contributed by atoms with van der Waals surface area (Å²) in [5.41, 5.74) is 4.85. The van der Waals surface area contributed by atoms with Crippen molar-refractivity contribution in [1.82, 2.24) is 4.90 Å². The Morgan fingerprint density at radius 2 is 1.72 bits per heavy atom. The van der Waals surface area contributed by atoms with E-state index >= 15 is 0 Å². The fourth-order valence-corrected chi connectivity index (χ4v) is 4.86. The maximum absolute atomic E-state index is 12.7. The van der Waals surface area contributed by atoms with E-state index in [9.17, 15) is 9.59 Å². The summed E-state index contributed by atoms with van der Waals surface area (Å²) in [6.07, 6.45) is 10.4. The molecule has 0 aliphatic heterocycles. The largest absolute Gasteiger partial charge is 0.339 e. The van der Waals surface area contributed by atoms with Crippen LogP contribution in [0.5, 0.6) is 0 Å². The van der Waals surface area contributed by atoms with Gasteiger partial charge in [0.2, 0.25) is 11.8 Å². The Morgan fingerprint density at radius 3 is 2.47 bits per heavy atom. The number of amides is 2. The first kappa shape index (κ1) is 24.0. The smallest absolute Gasteiger partial charge is 0.222 e. The van der Waals surface area contributed by atoms with Gasteiger partial charge < -0.3 is 10.2 Å². The van der Waals surface area contributed by atoms with Gasteiger partial charge in [-0.05, 0) is 61.3 Å². The molecule has 1 aliphatic rings. The number of hydrogen-bond donors (Lipinski definition) is 1. The summed E-state index contributed by atoms with van der Waals surface area (Å²) in [4.78, 5) is 26.4. The first-order valence-corrected chi connectivity index (χ1v) is 12.3. The molecule has 1 atom stereocenters. The average molecular weight is 435 g/mol. The van der Waals surface area contributed by atoms with E-state index in [2.05, 4.69) is 46.6 Å². The molecule has 32 heavy (non-hydrogen) atoms. The van der Waals surface area contributed by atoms with E-state index < -0.39 is 0 Å². The lowest BCUT2D eigenvalue weighted by atomic mass is 9.86. The number of rotatable bonds is 11. The molecule has 0 saturated heterocycles. The normalized spacial score (nSPS) is 15.1. The standard InChI is InChI=1S/C28H38N2O2/c1-3-28(32)30(20-11-6-4-5-8-13-23-14-9-7-10-15-23)25-18-19-26-24(21-25)16-12-17-27(26)29-22(2)31/h7,9-10,12,14-17,25H,3-6,8,11,13,18-21H2,1-2H3,(H,29,31). The Labute approximate surface area is 193 Å². The minimum absolute atomic E-state index is 0.0351. The summed E-state index contributed by atoms with van der Waals surface area (Å²) >= 11 is 0. The number of anilines is 1. The molecule has 2 aromatic carbocycles. The zero-order valence-electron chi connectivity index (χ0n) is 19.7. The molecule has 172 valence electrons. The fraction of sp³-hybridized carbons (Fsp3) is 0.500. The summed E-state index contributed by atoms with van der Waals surface area (Å²) < 4.78 is 0. The minimum Gasteiger partial charge on any atom is -0.339 e. The summed E-state index contributed by atoms with van der Waals surface area (Å²) in [6.45, 7) is 4.37. The molecule has 1 N–H and O–H groups in total. The zero-order chi connectivity index (χ0) is 22.8. The van der Waals surface area contributed by atoms with Crippen LogP contribution < -0.4 is 5.32 Å². The molecule has 1 unspecified atom stereocenters. The minimum atomic E-state index is -0.0351. The van der Waals surface area contributed by atoms with E-state index in [1.165, 1.54) is 42.4 Å². The van der Waals surface area contributed by atoms with Gasteiger partial charge in [0.1, 0.15) is 0 Å². The topological polar surface area (TPSA) is 49.4 Å². The van der Waals surface area contributed by atoms with E-state index in [1.807, 2.05) is 19.1 Å². The maximum Gasteiger partial charge on any atom is 0.222 e. The third-order valence-corrected chi connectivity index (χ3v) is 6.54. The van der Waals surface area contributed by atoms with Gasteiger partial charge in [-0.2, -0.15) is 0 Å². The van der Waals surface area contributed by atoms with Crippen LogP contribution in [0.1, 0.15) is 75.5 Å². The summed E-state index contributed by atoms with van der Waals surface area (Å²) in [5, 5.41) is 2.96. The highest BCUT2D eigenvalue weighted by Crippen LogP contribution is 2.30. The Balaban J connectivity index is 1.47. The molecule has 1 aliphatic carbocycles. The van der Waals surface area contributed by atoms with Gasteiger partial charge >= 0.3 is 0 Å². The summed E-state index contributed by atoms with van der Waals surface area (Å²) in [5.74, 6) is 0.229. The maximum atomic E-state index is 12.7. The Hall–Kier alpha value is -2.62. The number of nitrogens with zero attached hydrogens (tertiary/aromatic N) is 1. The Kier molecular flexibility index (Phi) is 9.33. The van der Waals surface area contributed by atoms with Crippen LogP contribution in [0.2, 0.25) is 0 Å². The van der Waals surface area contributed by atoms with Crippen molar-refractivity contribution in [2.45, 2.75) is 84.1 Å². The van der Waals surface area contributed by atoms with Gasteiger partial charge in [-0.1, -0.05) is 68.7 Å². The van der Waals surface area contributed by atoms with Gasteiger partial charge in [-0.3, -0.25) is 9.59 Å². The summed E-state index contributed by atoms with van der Waals surface area (Å²) in [7, 11) is 0. The molecule has 0 saturated carbocycles. The van der Waals surface area contributed by atoms with E-state index in [0.717, 1.165) is 44.3 Å². The Bertz CT molecular complexity index is 878. The van der Waals surface area contributed by atoms with Gasteiger partial charge in [-0.25, -0.2) is 0 Å². The molecule has 0 aromatic heterocycles. The van der Waals surface area contributed by atoms with Crippen molar-refractivity contribution in [3.8, 4) is 0 Å². The second-order valence-electron chi connectivity index (χ2n) is 8.97. The van der Waals surface area contributed by atoms with Crippen molar-refractivity contribution in [3.05, 3.63) is 65.2 Å². The van der Waals surface area contributed by atoms with Crippen LogP contribution in [0.25, 0.3) is 0 Å². The molecule has 4 nitrogen and oxygen atoms in total. The van der Waals surface area contributed by atoms with Crippen molar-refractivity contribution in [2.24, 2.45) is 0 Å².